The van der Waals surface area contributed by atoms with E-state index in [0.717, 1.165) is 0 Å². The molecule has 298 valence electrons. The Morgan fingerprint density at radius 1 is 0.440 bits per heavy atom. The van der Waals surface area contributed by atoms with E-state index in [1.54, 1.807) is 0 Å². The van der Waals surface area contributed by atoms with E-state index in [1.165, 1.54) is 0 Å². The SMILES string of the molecule is O=C(O)N(CCCCCCN(CC(F)(F)C(F)(F)C(F)(F)C(F)(F)C(F)(F)C(F)(F)C(F)(F)F)C(=O)O)CC(F)(F)C(F)(F)C(F)(F)C(F)F. The molecular formula is C21H19F23N2O4. The van der Waals surface area contributed by atoms with Gasteiger partial charge in [0.2, 0.25) is 0 Å². The average Bonchev–Trinajstić information content (AvgIpc) is 2.91. The molecule has 0 heterocycles. The van der Waals surface area contributed by atoms with Crippen molar-refractivity contribution < 1.29 is 121 Å². The zero-order valence-electron chi connectivity index (χ0n) is 23.5. The summed E-state index contributed by atoms with van der Waals surface area (Å²) in [5, 5.41) is 17.7. The van der Waals surface area contributed by atoms with Crippen LogP contribution in [-0.4, -0.2) is 124 Å². The predicted molar refractivity (Wildman–Crippen MR) is 114 cm³/mol. The van der Waals surface area contributed by atoms with Crippen LogP contribution in [0.3, 0.4) is 0 Å². The first kappa shape index (κ1) is 46.9. The van der Waals surface area contributed by atoms with Gasteiger partial charge in [0.15, 0.2) is 0 Å². The molecular weight excluding hydrogens is 781 g/mol. The van der Waals surface area contributed by atoms with Crippen molar-refractivity contribution in [3.05, 3.63) is 0 Å². The fraction of sp³-hybridized carbons (Fsp3) is 0.905. The van der Waals surface area contributed by atoms with Crippen molar-refractivity contribution in [3.8, 4) is 0 Å². The Labute approximate surface area is 261 Å². The largest absolute Gasteiger partial charge is 0.465 e. The minimum Gasteiger partial charge on any atom is -0.465 e. The smallest absolute Gasteiger partial charge is 0.460 e. The molecule has 0 atom stereocenters. The maximum Gasteiger partial charge on any atom is 0.460 e. The molecule has 29 heteroatoms. The van der Waals surface area contributed by atoms with Crippen LogP contribution in [-0.2, 0) is 0 Å². The summed E-state index contributed by atoms with van der Waals surface area (Å²) in [6.07, 6.45) is -21.6. The van der Waals surface area contributed by atoms with Crippen LogP contribution in [0.1, 0.15) is 25.7 Å². The van der Waals surface area contributed by atoms with Crippen molar-refractivity contribution in [1.82, 2.24) is 9.80 Å². The third-order valence-corrected chi connectivity index (χ3v) is 6.47. The zero-order chi connectivity index (χ0) is 40.5. The van der Waals surface area contributed by atoms with Crippen molar-refractivity contribution in [2.75, 3.05) is 26.2 Å². The number of unbranched alkanes of at least 4 members (excludes halogenated alkanes) is 3. The number of rotatable bonds is 19. The second-order valence-electron chi connectivity index (χ2n) is 10.1. The number of alkyl halides is 23. The van der Waals surface area contributed by atoms with Crippen molar-refractivity contribution in [1.29, 1.82) is 0 Å². The molecule has 6 nitrogen and oxygen atoms in total. The van der Waals surface area contributed by atoms with Crippen LogP contribution < -0.4 is 0 Å². The number of halogens is 23. The summed E-state index contributed by atoms with van der Waals surface area (Å²) in [7, 11) is 0. The summed E-state index contributed by atoms with van der Waals surface area (Å²) < 4.78 is 304. The number of nitrogens with zero attached hydrogens (tertiary/aromatic N) is 2. The molecule has 0 saturated heterocycles. The van der Waals surface area contributed by atoms with Gasteiger partial charge in [0, 0.05) is 13.1 Å². The van der Waals surface area contributed by atoms with Gasteiger partial charge in [0.05, 0.1) is 13.1 Å². The first-order valence-corrected chi connectivity index (χ1v) is 12.5. The Morgan fingerprint density at radius 2 is 0.720 bits per heavy atom. The van der Waals surface area contributed by atoms with E-state index in [9.17, 15) is 111 Å². The summed E-state index contributed by atoms with van der Waals surface area (Å²) in [4.78, 5) is 20.5. The van der Waals surface area contributed by atoms with Crippen LogP contribution in [0.2, 0.25) is 0 Å². The van der Waals surface area contributed by atoms with Gasteiger partial charge < -0.3 is 20.0 Å². The third kappa shape index (κ3) is 8.35. The quantitative estimate of drug-likeness (QED) is 0.101. The number of amides is 2. The highest BCUT2D eigenvalue weighted by Crippen LogP contribution is 2.62. The third-order valence-electron chi connectivity index (χ3n) is 6.47. The maximum absolute atomic E-state index is 14.1. The molecule has 0 spiro atoms. The van der Waals surface area contributed by atoms with Crippen molar-refractivity contribution in [3.63, 3.8) is 0 Å². The van der Waals surface area contributed by atoms with Gasteiger partial charge in [-0.05, 0) is 12.8 Å². The molecule has 0 fully saturated rings. The van der Waals surface area contributed by atoms with Gasteiger partial charge in [-0.3, -0.25) is 0 Å². The zero-order valence-corrected chi connectivity index (χ0v) is 23.5. The molecule has 2 N–H and O–H groups in total. The van der Waals surface area contributed by atoms with Gasteiger partial charge in [0.25, 0.3) is 0 Å². The fourth-order valence-electron chi connectivity index (χ4n) is 3.50. The average molecular weight is 800 g/mol. The van der Waals surface area contributed by atoms with E-state index in [4.69, 9.17) is 10.2 Å². The lowest BCUT2D eigenvalue weighted by Crippen LogP contribution is -2.73. The number of carbonyl (C=O) groups is 2. The maximum atomic E-state index is 14.1. The molecule has 0 aromatic heterocycles. The minimum atomic E-state index is -8.62. The molecule has 0 radical (unpaired) electrons. The Morgan fingerprint density at radius 3 is 1.00 bits per heavy atom. The highest BCUT2D eigenvalue weighted by molar-refractivity contribution is 5.65. The summed E-state index contributed by atoms with van der Waals surface area (Å²) >= 11 is 0. The van der Waals surface area contributed by atoms with Crippen LogP contribution in [0.4, 0.5) is 111 Å². The first-order valence-electron chi connectivity index (χ1n) is 12.5. The molecule has 2 amide bonds. The van der Waals surface area contributed by atoms with Gasteiger partial charge in [-0.15, -0.1) is 0 Å². The van der Waals surface area contributed by atoms with E-state index in [0.29, 0.717) is 0 Å². The number of carboxylic acid groups (broad SMARTS) is 2. The van der Waals surface area contributed by atoms with Crippen molar-refractivity contribution in [2.45, 2.75) is 91.6 Å². The topological polar surface area (TPSA) is 81.1 Å². The van der Waals surface area contributed by atoms with Crippen LogP contribution in [0.25, 0.3) is 0 Å². The first-order chi connectivity index (χ1) is 21.8. The highest BCUT2D eigenvalue weighted by Gasteiger charge is 2.93. The van der Waals surface area contributed by atoms with Gasteiger partial charge in [0.1, 0.15) is 0 Å². The molecule has 50 heavy (non-hydrogen) atoms. The van der Waals surface area contributed by atoms with E-state index < -0.39 is 140 Å². The molecule has 0 aliphatic rings. The number of hydrogen-bond acceptors (Lipinski definition) is 2. The number of hydrogen-bond donors (Lipinski definition) is 2. The Hall–Kier alpha value is -3.07. The monoisotopic (exact) mass is 800 g/mol. The standard InChI is InChI=1S/C21H19F23N2O4/c22-9(23)14(28,29)15(30,31)12(24,25)7-45(10(47)48)5-3-1-2-4-6-46(11(49)50)8-13(26,27)16(32,33)17(34,35)18(36,37)19(38,39)20(40,41)21(42,43)44/h9H,1-8H2,(H,47,48)(H,49,50). The van der Waals surface area contributed by atoms with E-state index >= 15 is 0 Å². The van der Waals surface area contributed by atoms with Gasteiger partial charge >= 0.3 is 78.1 Å². The summed E-state index contributed by atoms with van der Waals surface area (Å²) in [6, 6.07) is 0. The van der Waals surface area contributed by atoms with Crippen molar-refractivity contribution >= 4 is 12.2 Å². The lowest BCUT2D eigenvalue weighted by atomic mass is 9.91. The van der Waals surface area contributed by atoms with Gasteiger partial charge in [-0.2, -0.15) is 92.2 Å². The van der Waals surface area contributed by atoms with E-state index in [2.05, 4.69) is 0 Å². The minimum absolute atomic E-state index is 0.633. The normalized spacial score (nSPS) is 15.0. The second kappa shape index (κ2) is 14.5. The van der Waals surface area contributed by atoms with E-state index in [1.807, 2.05) is 0 Å². The molecule has 0 bridgehead atoms. The second-order valence-corrected chi connectivity index (χ2v) is 10.1. The lowest BCUT2D eigenvalue weighted by molar-refractivity contribution is -0.452. The van der Waals surface area contributed by atoms with Gasteiger partial charge in [-0.1, -0.05) is 12.8 Å². The lowest BCUT2D eigenvalue weighted by Gasteiger charge is -2.42. The molecule has 0 saturated carbocycles. The molecule has 0 rings (SSSR count). The van der Waals surface area contributed by atoms with Crippen molar-refractivity contribution in [2.24, 2.45) is 0 Å². The highest BCUT2D eigenvalue weighted by atomic mass is 19.4. The Balaban J connectivity index is 5.72. The molecule has 0 aliphatic heterocycles. The Kier molecular flexibility index (Phi) is 13.6. The molecule has 0 aromatic carbocycles. The summed E-state index contributed by atoms with van der Waals surface area (Å²) in [5.41, 5.74) is 0. The predicted octanol–water partition coefficient (Wildman–Crippen LogP) is 9.05. The molecule has 0 aromatic rings. The van der Waals surface area contributed by atoms with Gasteiger partial charge in [-0.25, -0.2) is 18.4 Å². The molecule has 0 unspecified atom stereocenters. The summed E-state index contributed by atoms with van der Waals surface area (Å²) in [5.74, 6) is -68.5. The Bertz CT molecular complexity index is 1170. The fourth-order valence-corrected chi connectivity index (χ4v) is 3.50. The molecule has 0 aliphatic carbocycles. The van der Waals surface area contributed by atoms with E-state index in [-0.39, 0.29) is 0 Å². The van der Waals surface area contributed by atoms with Crippen LogP contribution in [0, 0.1) is 0 Å². The summed E-state index contributed by atoms with van der Waals surface area (Å²) in [6.45, 7) is -9.05. The van der Waals surface area contributed by atoms with Crippen LogP contribution >= 0.6 is 0 Å². The van der Waals surface area contributed by atoms with Crippen LogP contribution in [0.5, 0.6) is 0 Å². The van der Waals surface area contributed by atoms with Crippen LogP contribution in [0.15, 0.2) is 0 Å².